The number of nitrogens with two attached hydrogens (primary N) is 1. The summed E-state index contributed by atoms with van der Waals surface area (Å²) in [7, 11) is 1.80. The van der Waals surface area contributed by atoms with Crippen LogP contribution in [0.15, 0.2) is 67.0 Å². The first-order chi connectivity index (χ1) is 17.7. The standard InChI is InChI=1S/C29H35N5O2/c1-35-20-25-13-8-16-33(25)15-6-5-12-24-18-27(28-29(30)31-21-32-34(24)28)23-11-7-14-26(17-23)36-19-22-9-3-2-4-10-22/h2-4,7,9-11,14,17-18,21,25H,5-6,8,12-13,15-16,19-20H2,1H3,(H2,30,31,32)/t25-/m1/s1. The van der Waals surface area contributed by atoms with E-state index in [1.54, 1.807) is 7.11 Å². The third-order valence-electron chi connectivity index (χ3n) is 7.04. The van der Waals surface area contributed by atoms with E-state index in [-0.39, 0.29) is 0 Å². The first-order valence-electron chi connectivity index (χ1n) is 12.8. The van der Waals surface area contributed by atoms with Gasteiger partial charge in [0.25, 0.3) is 0 Å². The molecule has 0 radical (unpaired) electrons. The molecule has 0 unspecified atom stereocenters. The fourth-order valence-corrected chi connectivity index (χ4v) is 5.22. The van der Waals surface area contributed by atoms with Gasteiger partial charge in [0.15, 0.2) is 5.82 Å². The normalized spacial score (nSPS) is 16.1. The second kappa shape index (κ2) is 11.5. The summed E-state index contributed by atoms with van der Waals surface area (Å²) in [6, 6.07) is 21.1. The van der Waals surface area contributed by atoms with Crippen molar-refractivity contribution >= 4 is 11.3 Å². The Hall–Kier alpha value is -3.42. The average molecular weight is 486 g/mol. The number of aromatic nitrogens is 3. The van der Waals surface area contributed by atoms with E-state index in [1.165, 1.54) is 25.7 Å². The van der Waals surface area contributed by atoms with Crippen molar-refractivity contribution < 1.29 is 9.47 Å². The van der Waals surface area contributed by atoms with E-state index in [0.717, 1.165) is 66.1 Å². The van der Waals surface area contributed by atoms with Crippen molar-refractivity contribution in [2.75, 3.05) is 32.5 Å². The fourth-order valence-electron chi connectivity index (χ4n) is 5.22. The molecule has 2 N–H and O–H groups in total. The maximum atomic E-state index is 6.34. The van der Waals surface area contributed by atoms with Crippen LogP contribution in [0, 0.1) is 0 Å². The monoisotopic (exact) mass is 485 g/mol. The number of ether oxygens (including phenoxy) is 2. The minimum absolute atomic E-state index is 0.487. The maximum absolute atomic E-state index is 6.34. The number of hydrogen-bond donors (Lipinski definition) is 1. The Labute approximate surface area is 212 Å². The van der Waals surface area contributed by atoms with E-state index in [9.17, 15) is 0 Å². The summed E-state index contributed by atoms with van der Waals surface area (Å²) < 4.78 is 13.4. The molecule has 5 rings (SSSR count). The van der Waals surface area contributed by atoms with Crippen molar-refractivity contribution in [3.8, 4) is 16.9 Å². The molecule has 188 valence electrons. The Morgan fingerprint density at radius 3 is 2.81 bits per heavy atom. The summed E-state index contributed by atoms with van der Waals surface area (Å²) in [6.45, 7) is 3.65. The van der Waals surface area contributed by atoms with Gasteiger partial charge in [0.05, 0.1) is 6.61 Å². The molecular formula is C29H35N5O2. The summed E-state index contributed by atoms with van der Waals surface area (Å²) in [5.74, 6) is 1.31. The van der Waals surface area contributed by atoms with E-state index in [2.05, 4.69) is 45.3 Å². The number of nitrogen functional groups attached to an aromatic ring is 1. The molecule has 1 aliphatic heterocycles. The minimum Gasteiger partial charge on any atom is -0.489 e. The Kier molecular flexibility index (Phi) is 7.79. The number of nitrogens with zero attached hydrogens (tertiary/aromatic N) is 4. The highest BCUT2D eigenvalue weighted by Gasteiger charge is 2.23. The van der Waals surface area contributed by atoms with Crippen LogP contribution < -0.4 is 10.5 Å². The van der Waals surface area contributed by atoms with E-state index >= 15 is 0 Å². The van der Waals surface area contributed by atoms with Crippen LogP contribution in [0.4, 0.5) is 5.82 Å². The van der Waals surface area contributed by atoms with Gasteiger partial charge >= 0.3 is 0 Å². The van der Waals surface area contributed by atoms with Crippen LogP contribution in [0.5, 0.6) is 5.75 Å². The van der Waals surface area contributed by atoms with Gasteiger partial charge in [-0.2, -0.15) is 5.10 Å². The SMILES string of the molecule is COC[C@H]1CCCN1CCCCc1cc(-c2cccc(OCc3ccccc3)c2)c2c(N)ncnn12. The van der Waals surface area contributed by atoms with Gasteiger partial charge in [0.1, 0.15) is 24.2 Å². The molecule has 0 saturated carbocycles. The minimum atomic E-state index is 0.487. The van der Waals surface area contributed by atoms with Gasteiger partial charge in [0, 0.05) is 24.4 Å². The lowest BCUT2D eigenvalue weighted by atomic mass is 10.1. The lowest BCUT2D eigenvalue weighted by Gasteiger charge is -2.23. The average Bonchev–Trinajstić information content (AvgIpc) is 3.51. The van der Waals surface area contributed by atoms with Crippen LogP contribution in [0.25, 0.3) is 16.6 Å². The second-order valence-corrected chi connectivity index (χ2v) is 9.50. The summed E-state index contributed by atoms with van der Waals surface area (Å²) in [5, 5.41) is 4.55. The third-order valence-corrected chi connectivity index (χ3v) is 7.04. The zero-order chi connectivity index (χ0) is 24.7. The number of likely N-dealkylation sites (tertiary alicyclic amines) is 1. The Morgan fingerprint density at radius 2 is 1.94 bits per heavy atom. The Balaban J connectivity index is 1.30. The van der Waals surface area contributed by atoms with Crippen LogP contribution in [-0.4, -0.2) is 52.3 Å². The van der Waals surface area contributed by atoms with Gasteiger partial charge in [-0.1, -0.05) is 42.5 Å². The number of fused-ring (bicyclic) bond motifs is 1. The molecule has 7 heteroatoms. The van der Waals surface area contributed by atoms with Crippen LogP contribution in [-0.2, 0) is 17.8 Å². The summed E-state index contributed by atoms with van der Waals surface area (Å²) in [5.41, 5.74) is 11.6. The molecule has 0 amide bonds. The number of hydrogen-bond acceptors (Lipinski definition) is 6. The number of anilines is 1. The van der Waals surface area contributed by atoms with E-state index in [1.807, 2.05) is 34.8 Å². The summed E-state index contributed by atoms with van der Waals surface area (Å²) in [6.07, 6.45) is 7.22. The summed E-state index contributed by atoms with van der Waals surface area (Å²) >= 11 is 0. The largest absolute Gasteiger partial charge is 0.489 e. The highest BCUT2D eigenvalue weighted by Crippen LogP contribution is 2.33. The molecule has 7 nitrogen and oxygen atoms in total. The smallest absolute Gasteiger partial charge is 0.151 e. The van der Waals surface area contributed by atoms with E-state index < -0.39 is 0 Å². The predicted octanol–water partition coefficient (Wildman–Crippen LogP) is 4.99. The first kappa shape index (κ1) is 24.3. The van der Waals surface area contributed by atoms with Crippen LogP contribution in [0.2, 0.25) is 0 Å². The highest BCUT2D eigenvalue weighted by atomic mass is 16.5. The third kappa shape index (κ3) is 5.53. The van der Waals surface area contributed by atoms with Gasteiger partial charge in [-0.05, 0) is 74.5 Å². The van der Waals surface area contributed by atoms with Crippen molar-refractivity contribution in [1.82, 2.24) is 19.5 Å². The van der Waals surface area contributed by atoms with Crippen LogP contribution in [0.1, 0.15) is 36.9 Å². The zero-order valence-electron chi connectivity index (χ0n) is 21.0. The van der Waals surface area contributed by atoms with Crippen molar-refractivity contribution in [2.45, 2.75) is 44.8 Å². The topological polar surface area (TPSA) is 77.9 Å². The fraction of sp³-hybridized carbons (Fsp3) is 0.379. The van der Waals surface area contributed by atoms with Crippen molar-refractivity contribution in [1.29, 1.82) is 0 Å². The molecule has 0 spiro atoms. The highest BCUT2D eigenvalue weighted by molar-refractivity contribution is 5.88. The van der Waals surface area contributed by atoms with Crippen molar-refractivity contribution in [2.24, 2.45) is 0 Å². The molecule has 3 heterocycles. The molecule has 4 aromatic rings. The quantitative estimate of drug-likeness (QED) is 0.302. The molecule has 0 aliphatic carbocycles. The maximum Gasteiger partial charge on any atom is 0.151 e. The van der Waals surface area contributed by atoms with Gasteiger partial charge < -0.3 is 15.2 Å². The molecule has 1 aliphatic rings. The van der Waals surface area contributed by atoms with Crippen molar-refractivity contribution in [3.05, 3.63) is 78.2 Å². The predicted molar refractivity (Wildman–Crippen MR) is 143 cm³/mol. The van der Waals surface area contributed by atoms with Gasteiger partial charge in [-0.15, -0.1) is 0 Å². The summed E-state index contributed by atoms with van der Waals surface area (Å²) in [4.78, 5) is 6.85. The number of aryl methyl sites for hydroxylation is 1. The molecule has 36 heavy (non-hydrogen) atoms. The van der Waals surface area contributed by atoms with Gasteiger partial charge in [-0.3, -0.25) is 4.90 Å². The van der Waals surface area contributed by atoms with Crippen molar-refractivity contribution in [3.63, 3.8) is 0 Å². The Bertz CT molecular complexity index is 1270. The van der Waals surface area contributed by atoms with Gasteiger partial charge in [-0.25, -0.2) is 9.50 Å². The molecule has 1 fully saturated rings. The Morgan fingerprint density at radius 1 is 1.06 bits per heavy atom. The molecular weight excluding hydrogens is 450 g/mol. The lowest BCUT2D eigenvalue weighted by Crippen LogP contribution is -2.33. The second-order valence-electron chi connectivity index (χ2n) is 9.50. The molecule has 2 aromatic heterocycles. The van der Waals surface area contributed by atoms with Gasteiger partial charge in [0.2, 0.25) is 0 Å². The number of unbranched alkanes of at least 4 members (excludes halogenated alkanes) is 1. The first-order valence-corrected chi connectivity index (χ1v) is 12.8. The lowest BCUT2D eigenvalue weighted by molar-refractivity contribution is 0.114. The van der Waals surface area contributed by atoms with Crippen LogP contribution in [0.3, 0.4) is 0 Å². The number of methoxy groups -OCH3 is 1. The van der Waals surface area contributed by atoms with Crippen LogP contribution >= 0.6 is 0 Å². The molecule has 2 aromatic carbocycles. The number of benzene rings is 2. The molecule has 1 atom stereocenters. The van der Waals surface area contributed by atoms with E-state index in [0.29, 0.717) is 18.5 Å². The molecule has 0 bridgehead atoms. The zero-order valence-corrected chi connectivity index (χ0v) is 21.0. The van der Waals surface area contributed by atoms with E-state index in [4.69, 9.17) is 15.2 Å². The molecule has 1 saturated heterocycles. The number of rotatable bonds is 11.